The van der Waals surface area contributed by atoms with Gasteiger partial charge in [0.1, 0.15) is 5.75 Å². The molecule has 8 nitrogen and oxygen atoms in total. The highest BCUT2D eigenvalue weighted by Crippen LogP contribution is 2.16. The molecule has 0 atom stereocenters. The lowest BCUT2D eigenvalue weighted by Gasteiger charge is -2.05. The van der Waals surface area contributed by atoms with Crippen LogP contribution in [0, 0.1) is 10.1 Å². The largest absolute Gasteiger partial charge is 0.329 e. The third-order valence-electron chi connectivity index (χ3n) is 2.12. The molecule has 0 unspecified atom stereocenters. The molecular weight excluding hydrogens is 274 g/mol. The fourth-order valence-corrected chi connectivity index (χ4v) is 2.32. The smallest absolute Gasteiger partial charge is 0.271 e. The number of benzene rings is 1. The summed E-state index contributed by atoms with van der Waals surface area (Å²) in [4.78, 5) is 21.4. The SMILES string of the molecule is NCCS(=O)(=O)CC(=O)Nc1cccc([N+](=O)[O-])c1. The molecule has 0 heterocycles. The number of carbonyl (C=O) groups is 1. The monoisotopic (exact) mass is 287 g/mol. The lowest BCUT2D eigenvalue weighted by Crippen LogP contribution is -2.27. The van der Waals surface area contributed by atoms with Gasteiger partial charge in [-0.15, -0.1) is 0 Å². The first-order valence-electron chi connectivity index (χ1n) is 5.29. The molecule has 104 valence electrons. The molecule has 0 aliphatic heterocycles. The summed E-state index contributed by atoms with van der Waals surface area (Å²) in [6.07, 6.45) is 0. The number of non-ortho nitro benzene ring substituents is 1. The lowest BCUT2D eigenvalue weighted by atomic mass is 10.3. The number of carbonyl (C=O) groups excluding carboxylic acids is 1. The number of sulfone groups is 1. The summed E-state index contributed by atoms with van der Waals surface area (Å²) in [5, 5.41) is 12.8. The van der Waals surface area contributed by atoms with Crippen molar-refractivity contribution >= 4 is 27.1 Å². The van der Waals surface area contributed by atoms with Gasteiger partial charge in [0, 0.05) is 24.4 Å². The van der Waals surface area contributed by atoms with Crippen LogP contribution in [-0.2, 0) is 14.6 Å². The highest BCUT2D eigenvalue weighted by atomic mass is 32.2. The van der Waals surface area contributed by atoms with Gasteiger partial charge in [0.05, 0.1) is 10.7 Å². The Hall–Kier alpha value is -2.00. The standard InChI is InChI=1S/C10H13N3O5S/c11-4-5-19(17,18)7-10(14)12-8-2-1-3-9(6-8)13(15)16/h1-3,6H,4-5,7,11H2,(H,12,14). The van der Waals surface area contributed by atoms with Crippen LogP contribution in [0.4, 0.5) is 11.4 Å². The van der Waals surface area contributed by atoms with E-state index < -0.39 is 26.4 Å². The highest BCUT2D eigenvalue weighted by Gasteiger charge is 2.16. The molecule has 19 heavy (non-hydrogen) atoms. The number of hydrogen-bond donors (Lipinski definition) is 2. The molecule has 9 heteroatoms. The summed E-state index contributed by atoms with van der Waals surface area (Å²) >= 11 is 0. The van der Waals surface area contributed by atoms with Crippen molar-refractivity contribution in [2.45, 2.75) is 0 Å². The zero-order valence-corrected chi connectivity index (χ0v) is 10.7. The molecule has 0 radical (unpaired) electrons. The van der Waals surface area contributed by atoms with Gasteiger partial charge in [-0.25, -0.2) is 8.42 Å². The van der Waals surface area contributed by atoms with E-state index in [4.69, 9.17) is 5.73 Å². The Morgan fingerprint density at radius 1 is 1.42 bits per heavy atom. The molecule has 0 bridgehead atoms. The van der Waals surface area contributed by atoms with Crippen molar-refractivity contribution in [2.75, 3.05) is 23.4 Å². The van der Waals surface area contributed by atoms with Crippen molar-refractivity contribution in [1.29, 1.82) is 0 Å². The fraction of sp³-hybridized carbons (Fsp3) is 0.300. The van der Waals surface area contributed by atoms with E-state index in [9.17, 15) is 23.3 Å². The minimum Gasteiger partial charge on any atom is -0.329 e. The Morgan fingerprint density at radius 3 is 2.68 bits per heavy atom. The van der Waals surface area contributed by atoms with Crippen molar-refractivity contribution in [1.82, 2.24) is 0 Å². The second kappa shape index (κ2) is 6.25. The van der Waals surface area contributed by atoms with Gasteiger partial charge < -0.3 is 11.1 Å². The van der Waals surface area contributed by atoms with Crippen molar-refractivity contribution in [2.24, 2.45) is 5.73 Å². The third kappa shape index (κ3) is 5.02. The number of rotatable bonds is 6. The van der Waals surface area contributed by atoms with E-state index >= 15 is 0 Å². The lowest BCUT2D eigenvalue weighted by molar-refractivity contribution is -0.384. The number of hydrogen-bond acceptors (Lipinski definition) is 6. The summed E-state index contributed by atoms with van der Waals surface area (Å²) in [6, 6.07) is 5.23. The number of nitrogens with one attached hydrogen (secondary N) is 1. The number of nitrogens with two attached hydrogens (primary N) is 1. The average molecular weight is 287 g/mol. The van der Waals surface area contributed by atoms with E-state index in [1.807, 2.05) is 0 Å². The van der Waals surface area contributed by atoms with E-state index in [-0.39, 0.29) is 23.7 Å². The molecule has 0 aliphatic carbocycles. The minimum atomic E-state index is -3.55. The maximum atomic E-state index is 11.5. The van der Waals surface area contributed by atoms with Gasteiger partial charge in [-0.3, -0.25) is 14.9 Å². The molecule has 1 aromatic rings. The zero-order chi connectivity index (χ0) is 14.5. The molecule has 3 N–H and O–H groups in total. The molecule has 0 saturated heterocycles. The Kier molecular flexibility index (Phi) is 4.95. The van der Waals surface area contributed by atoms with E-state index in [0.717, 1.165) is 6.07 Å². The number of nitro groups is 1. The topological polar surface area (TPSA) is 132 Å². The van der Waals surface area contributed by atoms with Gasteiger partial charge in [0.15, 0.2) is 9.84 Å². The van der Waals surface area contributed by atoms with Gasteiger partial charge >= 0.3 is 0 Å². The van der Waals surface area contributed by atoms with Gasteiger partial charge in [0.2, 0.25) is 5.91 Å². The molecule has 0 aliphatic rings. The van der Waals surface area contributed by atoms with Crippen LogP contribution in [0.2, 0.25) is 0 Å². The summed E-state index contributed by atoms with van der Waals surface area (Å²) in [7, 11) is -3.55. The first-order chi connectivity index (χ1) is 8.84. The number of anilines is 1. The van der Waals surface area contributed by atoms with Crippen LogP contribution in [0.5, 0.6) is 0 Å². The summed E-state index contributed by atoms with van der Waals surface area (Å²) in [5.74, 6) is -1.74. The maximum Gasteiger partial charge on any atom is 0.271 e. The van der Waals surface area contributed by atoms with Crippen LogP contribution in [-0.4, -0.2) is 37.3 Å². The zero-order valence-electron chi connectivity index (χ0n) is 9.90. The molecular formula is C10H13N3O5S. The van der Waals surface area contributed by atoms with Crippen LogP contribution < -0.4 is 11.1 Å². The van der Waals surface area contributed by atoms with E-state index in [1.54, 1.807) is 0 Å². The predicted molar refractivity (Wildman–Crippen MR) is 69.4 cm³/mol. The van der Waals surface area contributed by atoms with Gasteiger partial charge in [-0.2, -0.15) is 0 Å². The quantitative estimate of drug-likeness (QED) is 0.555. The van der Waals surface area contributed by atoms with Crippen LogP contribution in [0.3, 0.4) is 0 Å². The second-order valence-electron chi connectivity index (χ2n) is 3.74. The second-order valence-corrected chi connectivity index (χ2v) is 5.92. The highest BCUT2D eigenvalue weighted by molar-refractivity contribution is 7.92. The van der Waals surface area contributed by atoms with Crippen molar-refractivity contribution in [3.8, 4) is 0 Å². The molecule has 0 saturated carbocycles. The first-order valence-corrected chi connectivity index (χ1v) is 7.11. The van der Waals surface area contributed by atoms with Gasteiger partial charge in [-0.1, -0.05) is 6.07 Å². The molecule has 1 rings (SSSR count). The van der Waals surface area contributed by atoms with Crippen molar-refractivity contribution in [3.63, 3.8) is 0 Å². The molecule has 1 aromatic carbocycles. The Morgan fingerprint density at radius 2 is 2.11 bits per heavy atom. The summed E-state index contributed by atoms with van der Waals surface area (Å²) < 4.78 is 22.7. The third-order valence-corrected chi connectivity index (χ3v) is 3.68. The normalized spacial score (nSPS) is 11.0. The van der Waals surface area contributed by atoms with Gasteiger partial charge in [-0.05, 0) is 6.07 Å². The summed E-state index contributed by atoms with van der Waals surface area (Å²) in [5.41, 5.74) is 5.09. The Bertz CT molecular complexity index is 585. The molecule has 1 amide bonds. The van der Waals surface area contributed by atoms with E-state index in [0.29, 0.717) is 0 Å². The van der Waals surface area contributed by atoms with E-state index in [1.165, 1.54) is 18.2 Å². The van der Waals surface area contributed by atoms with Crippen LogP contribution >= 0.6 is 0 Å². The fourth-order valence-electron chi connectivity index (χ4n) is 1.35. The van der Waals surface area contributed by atoms with Crippen LogP contribution in [0.1, 0.15) is 0 Å². The maximum absolute atomic E-state index is 11.5. The van der Waals surface area contributed by atoms with Crippen LogP contribution in [0.15, 0.2) is 24.3 Å². The number of nitro benzene ring substituents is 1. The van der Waals surface area contributed by atoms with Crippen molar-refractivity contribution < 1.29 is 18.1 Å². The molecule has 0 spiro atoms. The van der Waals surface area contributed by atoms with Crippen molar-refractivity contribution in [3.05, 3.63) is 34.4 Å². The molecule has 0 aromatic heterocycles. The van der Waals surface area contributed by atoms with E-state index in [2.05, 4.69) is 5.32 Å². The first kappa shape index (κ1) is 15.1. The predicted octanol–water partition coefficient (Wildman–Crippen LogP) is -0.0932. The Labute approximate surface area is 109 Å². The summed E-state index contributed by atoms with van der Waals surface area (Å²) in [6.45, 7) is -0.0631. The number of nitrogens with zero attached hydrogens (tertiary/aromatic N) is 1. The van der Waals surface area contributed by atoms with Gasteiger partial charge in [0.25, 0.3) is 5.69 Å². The minimum absolute atomic E-state index is 0.0631. The average Bonchev–Trinajstić information content (AvgIpc) is 2.27. The Balaban J connectivity index is 2.72. The number of amides is 1. The van der Waals surface area contributed by atoms with Crippen LogP contribution in [0.25, 0.3) is 0 Å². The molecule has 0 fully saturated rings.